The molecule has 0 unspecified atom stereocenters. The van der Waals surface area contributed by atoms with Crippen LogP contribution in [0.15, 0.2) is 72.8 Å². The number of hydrogen-bond acceptors (Lipinski definition) is 3. The number of carbonyl (C=O) groups is 1. The molecule has 5 heteroatoms. The van der Waals surface area contributed by atoms with Crippen LogP contribution in [0.25, 0.3) is 11.0 Å². The van der Waals surface area contributed by atoms with Crippen LogP contribution in [-0.4, -0.2) is 22.0 Å². The lowest BCUT2D eigenvalue weighted by molar-refractivity contribution is -0.119. The second-order valence-electron chi connectivity index (χ2n) is 7.15. The maximum atomic E-state index is 13.8. The quantitative estimate of drug-likeness (QED) is 0.503. The molecule has 28 heavy (non-hydrogen) atoms. The smallest absolute Gasteiger partial charge is 0.241 e. The van der Waals surface area contributed by atoms with Crippen molar-refractivity contribution in [2.75, 3.05) is 11.4 Å². The monoisotopic (exact) mass is 367 g/mol. The predicted octanol–water partition coefficient (Wildman–Crippen LogP) is 4.32. The molecular weight excluding hydrogens is 350 g/mol. The van der Waals surface area contributed by atoms with E-state index in [1.165, 1.54) is 0 Å². The van der Waals surface area contributed by atoms with Gasteiger partial charge in [-0.15, -0.1) is 0 Å². The van der Waals surface area contributed by atoms with E-state index in [2.05, 4.69) is 10.6 Å². The number of ether oxygens (including phenoxy) is 1. The van der Waals surface area contributed by atoms with E-state index in [0.29, 0.717) is 6.54 Å². The Balaban J connectivity index is 1.49. The summed E-state index contributed by atoms with van der Waals surface area (Å²) >= 11 is 0. The van der Waals surface area contributed by atoms with E-state index in [-0.39, 0.29) is 5.91 Å². The zero-order chi connectivity index (χ0) is 18.7. The van der Waals surface area contributed by atoms with Gasteiger partial charge in [-0.05, 0) is 24.3 Å². The second-order valence-corrected chi connectivity index (χ2v) is 7.15. The Morgan fingerprint density at radius 2 is 1.50 bits per heavy atom. The topological polar surface area (TPSA) is 47.4 Å². The summed E-state index contributed by atoms with van der Waals surface area (Å²) < 4.78 is 8.18. The van der Waals surface area contributed by atoms with Crippen LogP contribution in [0.5, 0.6) is 11.5 Å². The highest BCUT2D eigenvalue weighted by Gasteiger charge is 2.38. The number of para-hydroxylation sites is 4. The number of fused-ring (bicyclic) bond motifs is 5. The minimum atomic E-state index is -0.396. The van der Waals surface area contributed by atoms with Crippen molar-refractivity contribution >= 4 is 22.9 Å². The molecule has 3 heterocycles. The summed E-state index contributed by atoms with van der Waals surface area (Å²) in [6, 6.07) is 23.6. The van der Waals surface area contributed by atoms with Gasteiger partial charge in [0, 0.05) is 24.2 Å². The number of imidazole rings is 1. The summed E-state index contributed by atoms with van der Waals surface area (Å²) in [5.41, 5.74) is 3.80. The van der Waals surface area contributed by atoms with Gasteiger partial charge in [0.25, 0.3) is 0 Å². The fourth-order valence-electron chi connectivity index (χ4n) is 4.33. The lowest BCUT2D eigenvalue weighted by atomic mass is 9.87. The highest BCUT2D eigenvalue weighted by atomic mass is 16.5. The van der Waals surface area contributed by atoms with E-state index in [1.807, 2.05) is 71.6 Å². The lowest BCUT2D eigenvalue weighted by Gasteiger charge is -2.29. The third kappa shape index (κ3) is 2.07. The van der Waals surface area contributed by atoms with Crippen molar-refractivity contribution in [3.63, 3.8) is 0 Å². The van der Waals surface area contributed by atoms with Crippen LogP contribution < -0.4 is 9.64 Å². The molecule has 0 atom stereocenters. The molecular formula is C23H17N3O2. The first-order chi connectivity index (χ1) is 13.8. The van der Waals surface area contributed by atoms with E-state index in [0.717, 1.165) is 46.2 Å². The van der Waals surface area contributed by atoms with Crippen molar-refractivity contribution in [2.24, 2.45) is 0 Å². The molecule has 5 nitrogen and oxygen atoms in total. The van der Waals surface area contributed by atoms with E-state index in [1.54, 1.807) is 0 Å². The minimum Gasteiger partial charge on any atom is -0.457 e. The van der Waals surface area contributed by atoms with Crippen molar-refractivity contribution in [3.05, 3.63) is 83.9 Å². The minimum absolute atomic E-state index is 0.0391. The molecule has 0 saturated carbocycles. The van der Waals surface area contributed by atoms with Crippen molar-refractivity contribution in [1.82, 2.24) is 9.55 Å². The van der Waals surface area contributed by atoms with Crippen LogP contribution in [0, 0.1) is 0 Å². The molecule has 3 aromatic carbocycles. The first-order valence-corrected chi connectivity index (χ1v) is 9.43. The summed E-state index contributed by atoms with van der Waals surface area (Å²) in [7, 11) is 0. The third-order valence-corrected chi connectivity index (χ3v) is 5.62. The normalized spacial score (nSPS) is 15.1. The SMILES string of the molecule is O=C(C1c2ccccc2Oc2ccccc21)N1CCn2c1nc1ccccc12. The van der Waals surface area contributed by atoms with E-state index >= 15 is 0 Å². The molecule has 0 spiro atoms. The first kappa shape index (κ1) is 15.5. The third-order valence-electron chi connectivity index (χ3n) is 5.62. The van der Waals surface area contributed by atoms with Gasteiger partial charge in [0.15, 0.2) is 0 Å². The zero-order valence-electron chi connectivity index (χ0n) is 15.1. The maximum Gasteiger partial charge on any atom is 0.241 e. The van der Waals surface area contributed by atoms with Gasteiger partial charge in [0.2, 0.25) is 11.9 Å². The van der Waals surface area contributed by atoms with Gasteiger partial charge in [-0.3, -0.25) is 9.69 Å². The second kappa shape index (κ2) is 5.70. The van der Waals surface area contributed by atoms with Crippen LogP contribution in [0.3, 0.4) is 0 Å². The average molecular weight is 367 g/mol. The molecule has 6 rings (SSSR count). The number of amides is 1. The Morgan fingerprint density at radius 1 is 0.857 bits per heavy atom. The fraction of sp³-hybridized carbons (Fsp3) is 0.130. The molecule has 0 saturated heterocycles. The zero-order valence-corrected chi connectivity index (χ0v) is 15.1. The number of hydrogen-bond donors (Lipinski definition) is 0. The van der Waals surface area contributed by atoms with Gasteiger partial charge in [-0.25, -0.2) is 4.98 Å². The van der Waals surface area contributed by atoms with Crippen molar-refractivity contribution < 1.29 is 9.53 Å². The molecule has 0 N–H and O–H groups in total. The summed E-state index contributed by atoms with van der Waals surface area (Å²) in [6.07, 6.45) is 0. The maximum absolute atomic E-state index is 13.8. The Kier molecular flexibility index (Phi) is 3.14. The van der Waals surface area contributed by atoms with Gasteiger partial charge >= 0.3 is 0 Å². The largest absolute Gasteiger partial charge is 0.457 e. The molecule has 4 aromatic rings. The van der Waals surface area contributed by atoms with Gasteiger partial charge in [-0.1, -0.05) is 48.5 Å². The van der Waals surface area contributed by atoms with Crippen molar-refractivity contribution in [2.45, 2.75) is 12.5 Å². The number of anilines is 1. The summed E-state index contributed by atoms with van der Waals surface area (Å²) in [5.74, 6) is 1.86. The molecule has 2 aliphatic rings. The van der Waals surface area contributed by atoms with Crippen LogP contribution >= 0.6 is 0 Å². The number of benzene rings is 3. The molecule has 0 bridgehead atoms. The highest BCUT2D eigenvalue weighted by Crippen LogP contribution is 2.45. The number of rotatable bonds is 1. The standard InChI is InChI=1S/C23H17N3O2/c27-22(26-14-13-25-18-10-4-3-9-17(18)24-23(25)26)21-15-7-1-5-11-19(15)28-20-12-6-2-8-16(20)21/h1-12,21H,13-14H2. The van der Waals surface area contributed by atoms with Gasteiger partial charge in [-0.2, -0.15) is 0 Å². The van der Waals surface area contributed by atoms with E-state index < -0.39 is 5.92 Å². The lowest BCUT2D eigenvalue weighted by Crippen LogP contribution is -2.35. The predicted molar refractivity (Wildman–Crippen MR) is 107 cm³/mol. The van der Waals surface area contributed by atoms with Crippen LogP contribution in [0.2, 0.25) is 0 Å². The first-order valence-electron chi connectivity index (χ1n) is 9.43. The molecule has 1 aromatic heterocycles. The molecule has 136 valence electrons. The number of carbonyl (C=O) groups excluding carboxylic acids is 1. The Bertz CT molecular complexity index is 1200. The van der Waals surface area contributed by atoms with E-state index in [4.69, 9.17) is 9.72 Å². The fourth-order valence-corrected chi connectivity index (χ4v) is 4.33. The Morgan fingerprint density at radius 3 is 2.25 bits per heavy atom. The van der Waals surface area contributed by atoms with Crippen molar-refractivity contribution in [1.29, 1.82) is 0 Å². The summed E-state index contributed by atoms with van der Waals surface area (Å²) in [5, 5.41) is 0. The van der Waals surface area contributed by atoms with Crippen LogP contribution in [-0.2, 0) is 11.3 Å². The molecule has 0 radical (unpaired) electrons. The Hall–Kier alpha value is -3.60. The summed E-state index contributed by atoms with van der Waals surface area (Å²) in [6.45, 7) is 1.39. The van der Waals surface area contributed by atoms with Crippen molar-refractivity contribution in [3.8, 4) is 11.5 Å². The molecule has 1 amide bonds. The van der Waals surface area contributed by atoms with Crippen LogP contribution in [0.1, 0.15) is 17.0 Å². The Labute approximate surface area is 161 Å². The van der Waals surface area contributed by atoms with Gasteiger partial charge in [0.05, 0.1) is 17.0 Å². The molecule has 0 aliphatic carbocycles. The molecule has 2 aliphatic heterocycles. The average Bonchev–Trinajstić information content (AvgIpc) is 3.31. The van der Waals surface area contributed by atoms with Gasteiger partial charge in [0.1, 0.15) is 11.5 Å². The summed E-state index contributed by atoms with van der Waals surface area (Å²) in [4.78, 5) is 20.3. The number of aromatic nitrogens is 2. The number of nitrogens with zero attached hydrogens (tertiary/aromatic N) is 3. The highest BCUT2D eigenvalue weighted by molar-refractivity contribution is 6.02. The van der Waals surface area contributed by atoms with Crippen LogP contribution in [0.4, 0.5) is 5.95 Å². The molecule has 0 fully saturated rings. The van der Waals surface area contributed by atoms with E-state index in [9.17, 15) is 4.79 Å². The van der Waals surface area contributed by atoms with Gasteiger partial charge < -0.3 is 9.30 Å².